The molecule has 2 aromatic rings. The van der Waals surface area contributed by atoms with Crippen LogP contribution in [-0.4, -0.2) is 56.1 Å². The van der Waals surface area contributed by atoms with E-state index < -0.39 is 0 Å². The summed E-state index contributed by atoms with van der Waals surface area (Å²) in [5, 5.41) is 3.40. The number of methoxy groups -OCH3 is 1. The van der Waals surface area contributed by atoms with Gasteiger partial charge in [-0.05, 0) is 23.3 Å². The molecule has 1 saturated heterocycles. The Bertz CT molecular complexity index is 773. The summed E-state index contributed by atoms with van der Waals surface area (Å²) >= 11 is 0. The summed E-state index contributed by atoms with van der Waals surface area (Å²) in [6.07, 6.45) is 0. The summed E-state index contributed by atoms with van der Waals surface area (Å²) < 4.78 is 18.8. The van der Waals surface area contributed by atoms with Crippen molar-refractivity contribution in [2.45, 2.75) is 19.7 Å². The van der Waals surface area contributed by atoms with Gasteiger partial charge in [0.2, 0.25) is 0 Å². The van der Waals surface area contributed by atoms with Crippen molar-refractivity contribution in [1.29, 1.82) is 0 Å². The smallest absolute Gasteiger partial charge is 0.194 e. The van der Waals surface area contributed by atoms with Crippen molar-refractivity contribution in [2.75, 3.05) is 40.3 Å². The Morgan fingerprint density at radius 1 is 1.07 bits per heavy atom. The first kappa shape index (κ1) is 20.3. The van der Waals surface area contributed by atoms with Gasteiger partial charge in [0.1, 0.15) is 5.82 Å². The molecule has 0 radical (unpaired) electrons. The third kappa shape index (κ3) is 5.53. The quantitative estimate of drug-likeness (QED) is 0.614. The lowest BCUT2D eigenvalue weighted by Crippen LogP contribution is -2.52. The van der Waals surface area contributed by atoms with E-state index in [9.17, 15) is 4.39 Å². The fourth-order valence-corrected chi connectivity index (χ4v) is 3.48. The Morgan fingerprint density at radius 3 is 2.50 bits per heavy atom. The van der Waals surface area contributed by atoms with Crippen LogP contribution in [0.4, 0.5) is 4.39 Å². The molecule has 1 aliphatic rings. The minimum Gasteiger partial charge on any atom is -0.380 e. The maximum atomic E-state index is 13.8. The van der Waals surface area contributed by atoms with E-state index in [0.717, 1.165) is 44.2 Å². The summed E-state index contributed by atoms with van der Waals surface area (Å²) in [6.45, 7) is 5.74. The van der Waals surface area contributed by atoms with Gasteiger partial charge >= 0.3 is 0 Å². The Labute approximate surface area is 166 Å². The van der Waals surface area contributed by atoms with Crippen LogP contribution in [0.1, 0.15) is 16.7 Å². The van der Waals surface area contributed by atoms with E-state index >= 15 is 0 Å². The molecule has 0 amide bonds. The number of aliphatic imine (C=N–C) groups is 1. The summed E-state index contributed by atoms with van der Waals surface area (Å²) in [6, 6.07) is 15.7. The van der Waals surface area contributed by atoms with Crippen molar-refractivity contribution in [3.63, 3.8) is 0 Å². The van der Waals surface area contributed by atoms with E-state index in [-0.39, 0.29) is 12.4 Å². The number of hydrogen-bond donors (Lipinski definition) is 1. The van der Waals surface area contributed by atoms with Crippen molar-refractivity contribution < 1.29 is 9.13 Å². The summed E-state index contributed by atoms with van der Waals surface area (Å²) in [4.78, 5) is 9.17. The summed E-state index contributed by atoms with van der Waals surface area (Å²) in [7, 11) is 3.38. The Kier molecular flexibility index (Phi) is 7.39. The zero-order chi connectivity index (χ0) is 19.8. The SMILES string of the molecule is CN=C(NCc1ccc(F)c(COC)c1)N1CCN(Cc2ccccc2)CC1. The molecule has 1 heterocycles. The molecular formula is C22H29FN4O. The Morgan fingerprint density at radius 2 is 1.82 bits per heavy atom. The molecule has 1 aliphatic heterocycles. The fourth-order valence-electron chi connectivity index (χ4n) is 3.48. The average molecular weight is 384 g/mol. The second-order valence-electron chi connectivity index (χ2n) is 7.01. The van der Waals surface area contributed by atoms with Gasteiger partial charge in [0, 0.05) is 59.0 Å². The molecule has 0 spiro atoms. The number of rotatable bonds is 6. The lowest BCUT2D eigenvalue weighted by atomic mass is 10.1. The van der Waals surface area contributed by atoms with Crippen LogP contribution in [-0.2, 0) is 24.4 Å². The van der Waals surface area contributed by atoms with Crippen molar-refractivity contribution in [2.24, 2.45) is 4.99 Å². The predicted molar refractivity (Wildman–Crippen MR) is 111 cm³/mol. The zero-order valence-electron chi connectivity index (χ0n) is 16.7. The van der Waals surface area contributed by atoms with Gasteiger partial charge in [0.05, 0.1) is 6.61 Å². The molecule has 1 fully saturated rings. The van der Waals surface area contributed by atoms with Crippen molar-refractivity contribution in [3.05, 3.63) is 71.0 Å². The number of hydrogen-bond acceptors (Lipinski definition) is 3. The fraction of sp³-hybridized carbons (Fsp3) is 0.409. The predicted octanol–water partition coefficient (Wildman–Crippen LogP) is 2.87. The van der Waals surface area contributed by atoms with Crippen LogP contribution in [0.15, 0.2) is 53.5 Å². The van der Waals surface area contributed by atoms with Gasteiger partial charge in [-0.3, -0.25) is 9.89 Å². The highest BCUT2D eigenvalue weighted by Crippen LogP contribution is 2.12. The molecule has 0 bridgehead atoms. The third-order valence-corrected chi connectivity index (χ3v) is 4.99. The van der Waals surface area contributed by atoms with E-state index in [4.69, 9.17) is 4.74 Å². The number of ether oxygens (including phenoxy) is 1. The number of halogens is 1. The van der Waals surface area contributed by atoms with Gasteiger partial charge in [0.25, 0.3) is 0 Å². The summed E-state index contributed by atoms with van der Waals surface area (Å²) in [5.41, 5.74) is 2.94. The van der Waals surface area contributed by atoms with Crippen molar-refractivity contribution in [3.8, 4) is 0 Å². The molecule has 6 heteroatoms. The molecule has 1 N–H and O–H groups in total. The number of nitrogens with one attached hydrogen (secondary N) is 1. The topological polar surface area (TPSA) is 40.1 Å². The number of guanidine groups is 1. The monoisotopic (exact) mass is 384 g/mol. The molecule has 0 aromatic heterocycles. The standard InChI is InChI=1S/C22H29FN4O/c1-24-22(25-15-19-8-9-21(23)20(14-19)17-28-2)27-12-10-26(11-13-27)16-18-6-4-3-5-7-18/h3-9,14H,10-13,15-17H2,1-2H3,(H,24,25). The zero-order valence-corrected chi connectivity index (χ0v) is 16.7. The van der Waals surface area contributed by atoms with Crippen LogP contribution in [0.2, 0.25) is 0 Å². The van der Waals surface area contributed by atoms with Gasteiger partial charge in [-0.15, -0.1) is 0 Å². The first-order chi connectivity index (χ1) is 13.7. The van der Waals surface area contributed by atoms with Crippen LogP contribution in [0.5, 0.6) is 0 Å². The molecule has 28 heavy (non-hydrogen) atoms. The van der Waals surface area contributed by atoms with Gasteiger partial charge in [-0.2, -0.15) is 0 Å². The lowest BCUT2D eigenvalue weighted by molar-refractivity contribution is 0.172. The normalized spacial score (nSPS) is 15.7. The molecule has 2 aromatic carbocycles. The minimum absolute atomic E-state index is 0.232. The summed E-state index contributed by atoms with van der Waals surface area (Å²) in [5.74, 6) is 0.654. The molecule has 0 aliphatic carbocycles. The number of piperazine rings is 1. The van der Waals surface area contributed by atoms with Crippen molar-refractivity contribution >= 4 is 5.96 Å². The molecule has 5 nitrogen and oxygen atoms in total. The highest BCUT2D eigenvalue weighted by molar-refractivity contribution is 5.80. The Hall–Kier alpha value is -2.44. The van der Waals surface area contributed by atoms with Crippen LogP contribution in [0, 0.1) is 5.82 Å². The van der Waals surface area contributed by atoms with E-state index in [1.807, 2.05) is 6.07 Å². The maximum Gasteiger partial charge on any atom is 0.194 e. The lowest BCUT2D eigenvalue weighted by Gasteiger charge is -2.36. The molecule has 150 valence electrons. The van der Waals surface area contributed by atoms with Gasteiger partial charge < -0.3 is 15.0 Å². The van der Waals surface area contributed by atoms with Gasteiger partial charge in [0.15, 0.2) is 5.96 Å². The van der Waals surface area contributed by atoms with Crippen LogP contribution in [0.3, 0.4) is 0 Å². The largest absolute Gasteiger partial charge is 0.380 e. The second-order valence-corrected chi connectivity index (χ2v) is 7.01. The second kappa shape index (κ2) is 10.2. The van der Waals surface area contributed by atoms with Crippen molar-refractivity contribution in [1.82, 2.24) is 15.1 Å². The number of benzene rings is 2. The van der Waals surface area contributed by atoms with Gasteiger partial charge in [-0.1, -0.05) is 36.4 Å². The average Bonchev–Trinajstić information content (AvgIpc) is 2.73. The van der Waals surface area contributed by atoms with E-state index in [2.05, 4.69) is 50.4 Å². The van der Waals surface area contributed by atoms with E-state index in [1.54, 1.807) is 20.2 Å². The maximum absolute atomic E-state index is 13.8. The van der Waals surface area contributed by atoms with Crippen LogP contribution in [0.25, 0.3) is 0 Å². The third-order valence-electron chi connectivity index (χ3n) is 4.99. The van der Waals surface area contributed by atoms with Gasteiger partial charge in [-0.25, -0.2) is 4.39 Å². The highest BCUT2D eigenvalue weighted by atomic mass is 19.1. The molecule has 0 unspecified atom stereocenters. The van der Waals surface area contributed by atoms with E-state index in [0.29, 0.717) is 12.1 Å². The minimum atomic E-state index is -0.232. The van der Waals surface area contributed by atoms with E-state index in [1.165, 1.54) is 11.6 Å². The first-order valence-corrected chi connectivity index (χ1v) is 9.67. The molecule has 0 atom stereocenters. The van der Waals surface area contributed by atoms with Crippen LogP contribution < -0.4 is 5.32 Å². The highest BCUT2D eigenvalue weighted by Gasteiger charge is 2.19. The molecule has 3 rings (SSSR count). The Balaban J connectivity index is 1.50. The van der Waals surface area contributed by atoms with Crippen LogP contribution >= 0.6 is 0 Å². The first-order valence-electron chi connectivity index (χ1n) is 9.67. The number of nitrogens with zero attached hydrogens (tertiary/aromatic N) is 3. The molecular weight excluding hydrogens is 355 g/mol. The molecule has 0 saturated carbocycles.